The molecule has 0 aliphatic carbocycles. The third kappa shape index (κ3) is 10.1. The molecule has 0 bridgehead atoms. The minimum atomic E-state index is 0.716. The molecule has 0 aliphatic heterocycles. The van der Waals surface area contributed by atoms with Gasteiger partial charge in [-0.15, -0.1) is 17.9 Å². The summed E-state index contributed by atoms with van der Waals surface area (Å²) in [7, 11) is 1.85. The summed E-state index contributed by atoms with van der Waals surface area (Å²) in [5, 5.41) is 14.8. The molecule has 3 rings (SSSR count). The molecule has 1 heterocycles. The fraction of sp³-hybridized carbons (Fsp3) is 0.310. The summed E-state index contributed by atoms with van der Waals surface area (Å²) in [6.45, 7) is 17.9. The number of thiazole rings is 1. The largest absolute Gasteiger partial charge is 0.372 e. The van der Waals surface area contributed by atoms with E-state index in [0.29, 0.717) is 5.56 Å². The summed E-state index contributed by atoms with van der Waals surface area (Å²) in [5.74, 6) is 0. The lowest BCUT2D eigenvalue weighted by atomic mass is 10.0. The summed E-state index contributed by atoms with van der Waals surface area (Å²) >= 11 is 1.57. The number of nitrogens with zero attached hydrogens (tertiary/aromatic N) is 3. The van der Waals surface area contributed by atoms with Crippen LogP contribution in [-0.2, 0) is 6.42 Å². The monoisotopic (exact) mass is 474 g/mol. The third-order valence-corrected chi connectivity index (χ3v) is 5.85. The smallest absolute Gasteiger partial charge is 0.182 e. The van der Waals surface area contributed by atoms with Gasteiger partial charge in [0.25, 0.3) is 0 Å². The number of nitrogens with one attached hydrogen (secondary N) is 1. The van der Waals surface area contributed by atoms with E-state index in [-0.39, 0.29) is 0 Å². The number of rotatable bonds is 8. The standard InChI is InChI=1S/C12H11N3S.C9H17N.C8H10/c1-8-5-9(3-4-10(8)6-13)11-7-16-12(14-2)15-11;1-5-7-10(8-6-2)9(3)4;1-2-8-6-4-3-5-7-8/h3-5,7H,1-2H3,(H,14,15);5H,1,3,6-8H2,2,4H3;3-7H,2H2,1H3. The average Bonchev–Trinajstić information content (AvgIpc) is 3.34. The minimum Gasteiger partial charge on any atom is -0.372 e. The molecule has 1 aromatic heterocycles. The molecule has 0 unspecified atom stereocenters. The van der Waals surface area contributed by atoms with Gasteiger partial charge in [-0.3, -0.25) is 0 Å². The highest BCUT2D eigenvalue weighted by Crippen LogP contribution is 2.26. The number of hydrogen-bond donors (Lipinski definition) is 1. The van der Waals surface area contributed by atoms with Crippen molar-refractivity contribution in [3.8, 4) is 17.3 Å². The van der Waals surface area contributed by atoms with Gasteiger partial charge in [-0.05, 0) is 49.9 Å². The van der Waals surface area contributed by atoms with Crippen molar-refractivity contribution in [2.45, 2.75) is 40.5 Å². The van der Waals surface area contributed by atoms with E-state index in [1.165, 1.54) is 12.0 Å². The number of hydrogen-bond acceptors (Lipinski definition) is 5. The molecular weight excluding hydrogens is 436 g/mol. The van der Waals surface area contributed by atoms with Crippen LogP contribution < -0.4 is 5.32 Å². The number of benzene rings is 2. The van der Waals surface area contributed by atoms with Crippen LogP contribution in [0.5, 0.6) is 0 Å². The Balaban J connectivity index is 0.000000277. The maximum atomic E-state index is 8.85. The Labute approximate surface area is 210 Å². The topological polar surface area (TPSA) is 52.0 Å². The van der Waals surface area contributed by atoms with Gasteiger partial charge in [0.15, 0.2) is 5.13 Å². The molecule has 0 fully saturated rings. The fourth-order valence-electron chi connectivity index (χ4n) is 3.05. The number of aromatic nitrogens is 1. The van der Waals surface area contributed by atoms with Crippen molar-refractivity contribution in [2.75, 3.05) is 25.5 Å². The van der Waals surface area contributed by atoms with Crippen LogP contribution in [0.15, 0.2) is 78.8 Å². The van der Waals surface area contributed by atoms with E-state index in [2.05, 4.69) is 72.5 Å². The van der Waals surface area contributed by atoms with E-state index >= 15 is 0 Å². The number of allylic oxidation sites excluding steroid dienone is 1. The van der Waals surface area contributed by atoms with Crippen molar-refractivity contribution in [3.63, 3.8) is 0 Å². The Hall–Kier alpha value is -3.36. The maximum Gasteiger partial charge on any atom is 0.182 e. The van der Waals surface area contributed by atoms with Crippen LogP contribution in [0.1, 0.15) is 43.9 Å². The summed E-state index contributed by atoms with van der Waals surface area (Å²) < 4.78 is 0. The lowest BCUT2D eigenvalue weighted by Gasteiger charge is -2.21. The SMILES string of the molecule is C=CCN(CCC)C(=C)C.CCc1ccccc1.CNc1nc(-c2ccc(C#N)c(C)c2)cs1. The van der Waals surface area contributed by atoms with Gasteiger partial charge < -0.3 is 10.2 Å². The molecule has 1 N–H and O–H groups in total. The first-order valence-corrected chi connectivity index (χ1v) is 12.5. The van der Waals surface area contributed by atoms with Gasteiger partial charge in [0.1, 0.15) is 0 Å². The maximum absolute atomic E-state index is 8.85. The first-order chi connectivity index (χ1) is 16.4. The Morgan fingerprint density at radius 3 is 2.35 bits per heavy atom. The fourth-order valence-corrected chi connectivity index (χ4v) is 3.73. The Morgan fingerprint density at radius 2 is 1.91 bits per heavy atom. The van der Waals surface area contributed by atoms with E-state index in [0.717, 1.165) is 47.2 Å². The molecule has 0 spiro atoms. The summed E-state index contributed by atoms with van der Waals surface area (Å²) in [6.07, 6.45) is 4.21. The Bertz CT molecular complexity index is 1050. The molecule has 180 valence electrons. The quantitative estimate of drug-likeness (QED) is 0.340. The number of aryl methyl sites for hydroxylation is 2. The van der Waals surface area contributed by atoms with Crippen molar-refractivity contribution < 1.29 is 0 Å². The normalized spacial score (nSPS) is 9.41. The molecule has 0 radical (unpaired) electrons. The van der Waals surface area contributed by atoms with Gasteiger partial charge in [0, 0.05) is 36.8 Å². The van der Waals surface area contributed by atoms with Crippen LogP contribution >= 0.6 is 11.3 Å². The van der Waals surface area contributed by atoms with Crippen LogP contribution in [0.2, 0.25) is 0 Å². The number of nitriles is 1. The second-order valence-corrected chi connectivity index (χ2v) is 8.60. The van der Waals surface area contributed by atoms with Crippen LogP contribution in [0.25, 0.3) is 11.3 Å². The molecule has 0 saturated heterocycles. The molecule has 34 heavy (non-hydrogen) atoms. The first kappa shape index (κ1) is 28.7. The molecule has 0 atom stereocenters. The van der Waals surface area contributed by atoms with Crippen LogP contribution in [0, 0.1) is 18.3 Å². The van der Waals surface area contributed by atoms with Gasteiger partial charge in [0.2, 0.25) is 0 Å². The molecule has 0 amide bonds. The Morgan fingerprint density at radius 1 is 1.21 bits per heavy atom. The molecule has 0 aliphatic rings. The van der Waals surface area contributed by atoms with Crippen LogP contribution in [0.4, 0.5) is 5.13 Å². The van der Waals surface area contributed by atoms with Crippen LogP contribution in [-0.4, -0.2) is 30.0 Å². The highest BCUT2D eigenvalue weighted by molar-refractivity contribution is 7.14. The lowest BCUT2D eigenvalue weighted by Crippen LogP contribution is -2.21. The summed E-state index contributed by atoms with van der Waals surface area (Å²) in [5.41, 5.74) is 6.23. The van der Waals surface area contributed by atoms with E-state index < -0.39 is 0 Å². The second kappa shape index (κ2) is 16.3. The zero-order chi connectivity index (χ0) is 25.3. The third-order valence-electron chi connectivity index (χ3n) is 4.99. The van der Waals surface area contributed by atoms with E-state index in [1.54, 1.807) is 11.3 Å². The average molecular weight is 475 g/mol. The molecule has 4 nitrogen and oxygen atoms in total. The first-order valence-electron chi connectivity index (χ1n) is 11.6. The van der Waals surface area contributed by atoms with E-state index in [4.69, 9.17) is 5.26 Å². The molecule has 5 heteroatoms. The van der Waals surface area contributed by atoms with Crippen LogP contribution in [0.3, 0.4) is 0 Å². The zero-order valence-corrected chi connectivity index (χ0v) is 22.1. The van der Waals surface area contributed by atoms with Crippen molar-refractivity contribution in [1.82, 2.24) is 9.88 Å². The zero-order valence-electron chi connectivity index (χ0n) is 21.3. The van der Waals surface area contributed by atoms with Gasteiger partial charge in [-0.25, -0.2) is 4.98 Å². The van der Waals surface area contributed by atoms with Gasteiger partial charge >= 0.3 is 0 Å². The van der Waals surface area contributed by atoms with Crippen molar-refractivity contribution in [3.05, 3.63) is 95.5 Å². The van der Waals surface area contributed by atoms with E-state index in [9.17, 15) is 0 Å². The lowest BCUT2D eigenvalue weighted by molar-refractivity contribution is 0.382. The van der Waals surface area contributed by atoms with Gasteiger partial charge in [0.05, 0.1) is 17.3 Å². The van der Waals surface area contributed by atoms with Crippen molar-refractivity contribution in [2.24, 2.45) is 0 Å². The second-order valence-electron chi connectivity index (χ2n) is 7.74. The molecular formula is C29H38N4S. The minimum absolute atomic E-state index is 0.716. The van der Waals surface area contributed by atoms with Gasteiger partial charge in [-0.1, -0.05) is 62.9 Å². The van der Waals surface area contributed by atoms with Gasteiger partial charge in [-0.2, -0.15) is 5.26 Å². The Kier molecular flexibility index (Phi) is 13.7. The molecule has 0 saturated carbocycles. The van der Waals surface area contributed by atoms with Crippen molar-refractivity contribution in [1.29, 1.82) is 5.26 Å². The highest BCUT2D eigenvalue weighted by Gasteiger charge is 2.05. The highest BCUT2D eigenvalue weighted by atomic mass is 32.1. The molecule has 3 aromatic rings. The predicted molar refractivity (Wildman–Crippen MR) is 149 cm³/mol. The predicted octanol–water partition coefficient (Wildman–Crippen LogP) is 7.70. The summed E-state index contributed by atoms with van der Waals surface area (Å²) in [4.78, 5) is 6.64. The van der Waals surface area contributed by atoms with Crippen molar-refractivity contribution >= 4 is 16.5 Å². The summed E-state index contributed by atoms with van der Waals surface area (Å²) in [6, 6.07) is 18.4. The van der Waals surface area contributed by atoms with E-state index in [1.807, 2.05) is 56.6 Å². The number of anilines is 1. The molecule has 2 aromatic carbocycles.